The van der Waals surface area contributed by atoms with Crippen LogP contribution in [0.15, 0.2) is 36.7 Å². The van der Waals surface area contributed by atoms with E-state index in [0.29, 0.717) is 11.8 Å². The molecule has 4 nitrogen and oxygen atoms in total. The third-order valence-corrected chi connectivity index (χ3v) is 4.03. The Morgan fingerprint density at radius 2 is 1.71 bits per heavy atom. The number of anilines is 1. The molecule has 1 heterocycles. The first-order chi connectivity index (χ1) is 10.3. The molecule has 1 aromatic heterocycles. The molecule has 4 heteroatoms. The zero-order valence-electron chi connectivity index (χ0n) is 12.2. The average Bonchev–Trinajstić information content (AvgIpc) is 2.55. The van der Waals surface area contributed by atoms with E-state index >= 15 is 0 Å². The molecule has 110 valence electrons. The second kappa shape index (κ2) is 6.57. The van der Waals surface area contributed by atoms with E-state index in [9.17, 15) is 0 Å². The van der Waals surface area contributed by atoms with Crippen molar-refractivity contribution in [2.75, 3.05) is 12.3 Å². The topological polar surface area (TPSA) is 61.0 Å². The fraction of sp³-hybridized carbons (Fsp3) is 0.412. The van der Waals surface area contributed by atoms with E-state index in [0.717, 1.165) is 23.6 Å². The lowest BCUT2D eigenvalue weighted by Crippen LogP contribution is -2.16. The first-order valence-electron chi connectivity index (χ1n) is 7.62. The molecule has 2 aromatic rings. The molecule has 1 saturated carbocycles. The maximum Gasteiger partial charge on any atom is 0.240 e. The van der Waals surface area contributed by atoms with E-state index in [2.05, 4.69) is 9.97 Å². The highest BCUT2D eigenvalue weighted by Crippen LogP contribution is 2.28. The fourth-order valence-corrected chi connectivity index (χ4v) is 2.82. The maximum absolute atomic E-state index is 5.96. The summed E-state index contributed by atoms with van der Waals surface area (Å²) >= 11 is 0. The van der Waals surface area contributed by atoms with Gasteiger partial charge in [0.15, 0.2) is 0 Å². The molecule has 1 fully saturated rings. The molecule has 0 saturated heterocycles. The van der Waals surface area contributed by atoms with Crippen molar-refractivity contribution in [1.82, 2.24) is 9.97 Å². The van der Waals surface area contributed by atoms with Gasteiger partial charge in [-0.25, -0.2) is 9.97 Å². The van der Waals surface area contributed by atoms with Gasteiger partial charge < -0.3 is 10.5 Å². The Bertz CT molecular complexity index is 577. The van der Waals surface area contributed by atoms with Crippen molar-refractivity contribution in [2.24, 2.45) is 5.92 Å². The van der Waals surface area contributed by atoms with Crippen LogP contribution in [0.25, 0.3) is 11.3 Å². The molecule has 0 radical (unpaired) electrons. The molecule has 3 rings (SSSR count). The number of nitrogens with two attached hydrogens (primary N) is 1. The standard InChI is InChI=1S/C17H21N3O/c18-15-8-6-14(7-9-15)16-17(20-11-10-19-16)21-12-13-4-2-1-3-5-13/h6-11,13H,1-5,12,18H2. The van der Waals surface area contributed by atoms with Gasteiger partial charge in [0.1, 0.15) is 5.69 Å². The van der Waals surface area contributed by atoms with Crippen LogP contribution >= 0.6 is 0 Å². The van der Waals surface area contributed by atoms with Crippen LogP contribution in [-0.2, 0) is 0 Å². The minimum atomic E-state index is 0.618. The Balaban J connectivity index is 1.74. The molecule has 2 N–H and O–H groups in total. The SMILES string of the molecule is Nc1ccc(-c2nccnc2OCC2CCCCC2)cc1. The van der Waals surface area contributed by atoms with E-state index < -0.39 is 0 Å². The summed E-state index contributed by atoms with van der Waals surface area (Å²) in [7, 11) is 0. The average molecular weight is 283 g/mol. The molecule has 21 heavy (non-hydrogen) atoms. The lowest BCUT2D eigenvalue weighted by Gasteiger charge is -2.21. The zero-order valence-corrected chi connectivity index (χ0v) is 12.2. The number of hydrogen-bond acceptors (Lipinski definition) is 4. The minimum Gasteiger partial charge on any atom is -0.476 e. The first kappa shape index (κ1) is 13.9. The predicted octanol–water partition coefficient (Wildman–Crippen LogP) is 3.68. The third-order valence-electron chi connectivity index (χ3n) is 4.03. The Morgan fingerprint density at radius 1 is 1.00 bits per heavy atom. The fourth-order valence-electron chi connectivity index (χ4n) is 2.82. The van der Waals surface area contributed by atoms with Gasteiger partial charge in [-0.3, -0.25) is 0 Å². The van der Waals surface area contributed by atoms with Gasteiger partial charge in [-0.15, -0.1) is 0 Å². The molecular weight excluding hydrogens is 262 g/mol. The molecule has 0 spiro atoms. The maximum atomic E-state index is 5.96. The van der Waals surface area contributed by atoms with Crippen LogP contribution in [-0.4, -0.2) is 16.6 Å². The smallest absolute Gasteiger partial charge is 0.240 e. The van der Waals surface area contributed by atoms with Crippen molar-refractivity contribution in [3.63, 3.8) is 0 Å². The lowest BCUT2D eigenvalue weighted by atomic mass is 9.90. The van der Waals surface area contributed by atoms with Gasteiger partial charge in [0.05, 0.1) is 6.61 Å². The van der Waals surface area contributed by atoms with Crippen molar-refractivity contribution in [3.8, 4) is 17.1 Å². The number of nitrogen functional groups attached to an aromatic ring is 1. The molecule has 0 amide bonds. The predicted molar refractivity (Wildman–Crippen MR) is 84.0 cm³/mol. The minimum absolute atomic E-state index is 0.618. The number of aromatic nitrogens is 2. The van der Waals surface area contributed by atoms with E-state index in [-0.39, 0.29) is 0 Å². The van der Waals surface area contributed by atoms with Crippen molar-refractivity contribution in [3.05, 3.63) is 36.7 Å². The van der Waals surface area contributed by atoms with Crippen molar-refractivity contribution >= 4 is 5.69 Å². The summed E-state index contributed by atoms with van der Waals surface area (Å²) in [5, 5.41) is 0. The van der Waals surface area contributed by atoms with Crippen LogP contribution in [0.4, 0.5) is 5.69 Å². The Morgan fingerprint density at radius 3 is 2.48 bits per heavy atom. The van der Waals surface area contributed by atoms with Crippen molar-refractivity contribution in [2.45, 2.75) is 32.1 Å². The van der Waals surface area contributed by atoms with Gasteiger partial charge >= 0.3 is 0 Å². The van der Waals surface area contributed by atoms with Crippen LogP contribution in [0.3, 0.4) is 0 Å². The summed E-state index contributed by atoms with van der Waals surface area (Å²) < 4.78 is 5.96. The number of hydrogen-bond donors (Lipinski definition) is 1. The Hall–Kier alpha value is -2.10. The van der Waals surface area contributed by atoms with Gasteiger partial charge in [0, 0.05) is 23.6 Å². The monoisotopic (exact) mass is 283 g/mol. The van der Waals surface area contributed by atoms with E-state index in [1.807, 2.05) is 24.3 Å². The quantitative estimate of drug-likeness (QED) is 0.869. The van der Waals surface area contributed by atoms with E-state index in [1.165, 1.54) is 32.1 Å². The highest BCUT2D eigenvalue weighted by molar-refractivity contribution is 5.65. The Kier molecular flexibility index (Phi) is 4.34. The van der Waals surface area contributed by atoms with Crippen LogP contribution in [0, 0.1) is 5.92 Å². The highest BCUT2D eigenvalue weighted by atomic mass is 16.5. The molecule has 1 aliphatic rings. The largest absolute Gasteiger partial charge is 0.476 e. The normalized spacial score (nSPS) is 15.8. The van der Waals surface area contributed by atoms with Crippen LogP contribution in [0.2, 0.25) is 0 Å². The number of benzene rings is 1. The Labute approximate surface area is 125 Å². The third kappa shape index (κ3) is 3.51. The van der Waals surface area contributed by atoms with Crippen LogP contribution in [0.5, 0.6) is 5.88 Å². The second-order valence-electron chi connectivity index (χ2n) is 5.65. The number of nitrogens with zero attached hydrogens (tertiary/aromatic N) is 2. The lowest BCUT2D eigenvalue weighted by molar-refractivity contribution is 0.203. The molecule has 0 unspecified atom stereocenters. The summed E-state index contributed by atoms with van der Waals surface area (Å²) in [5.74, 6) is 1.27. The van der Waals surface area contributed by atoms with Gasteiger partial charge in [-0.2, -0.15) is 0 Å². The molecule has 0 bridgehead atoms. The van der Waals surface area contributed by atoms with Gasteiger partial charge in [0.2, 0.25) is 5.88 Å². The van der Waals surface area contributed by atoms with E-state index in [1.54, 1.807) is 12.4 Å². The zero-order chi connectivity index (χ0) is 14.5. The van der Waals surface area contributed by atoms with Crippen molar-refractivity contribution in [1.29, 1.82) is 0 Å². The number of rotatable bonds is 4. The van der Waals surface area contributed by atoms with Crippen LogP contribution < -0.4 is 10.5 Å². The summed E-state index contributed by atoms with van der Waals surface area (Å²) in [4.78, 5) is 8.76. The molecule has 0 aliphatic heterocycles. The summed E-state index contributed by atoms with van der Waals surface area (Å²) in [5.41, 5.74) is 8.24. The van der Waals surface area contributed by atoms with Gasteiger partial charge in [-0.05, 0) is 30.9 Å². The molecule has 0 atom stereocenters. The van der Waals surface area contributed by atoms with Crippen LogP contribution in [0.1, 0.15) is 32.1 Å². The van der Waals surface area contributed by atoms with Gasteiger partial charge in [0.25, 0.3) is 0 Å². The summed E-state index contributed by atoms with van der Waals surface area (Å²) in [6.07, 6.45) is 9.89. The van der Waals surface area contributed by atoms with Gasteiger partial charge in [-0.1, -0.05) is 31.4 Å². The molecule has 1 aliphatic carbocycles. The molecular formula is C17H21N3O. The van der Waals surface area contributed by atoms with Crippen molar-refractivity contribution < 1.29 is 4.74 Å². The summed E-state index contributed by atoms with van der Waals surface area (Å²) in [6.45, 7) is 0.737. The first-order valence-corrected chi connectivity index (χ1v) is 7.62. The highest BCUT2D eigenvalue weighted by Gasteiger charge is 2.16. The number of ether oxygens (including phenoxy) is 1. The second-order valence-corrected chi connectivity index (χ2v) is 5.65. The molecule has 1 aromatic carbocycles. The van der Waals surface area contributed by atoms with E-state index in [4.69, 9.17) is 10.5 Å². The summed E-state index contributed by atoms with van der Waals surface area (Å²) in [6, 6.07) is 7.64.